The van der Waals surface area contributed by atoms with E-state index in [1.165, 1.54) is 16.7 Å². The van der Waals surface area contributed by atoms with Crippen molar-refractivity contribution in [2.75, 3.05) is 6.61 Å². The van der Waals surface area contributed by atoms with Crippen molar-refractivity contribution in [2.24, 2.45) is 0 Å². The van der Waals surface area contributed by atoms with Crippen LogP contribution < -0.4 is 4.74 Å². The first-order valence-corrected chi connectivity index (χ1v) is 9.05. The minimum absolute atomic E-state index is 0.351. The molecular weight excluding hydrogens is 392 g/mol. The summed E-state index contributed by atoms with van der Waals surface area (Å²) in [6.45, 7) is 2.87. The molecule has 21 heavy (non-hydrogen) atoms. The Bertz CT molecular complexity index is 639. The number of alkyl halides is 1. The molecular formula is C18H18Br2O. The summed E-state index contributed by atoms with van der Waals surface area (Å²) < 4.78 is 6.75. The Morgan fingerprint density at radius 2 is 2.05 bits per heavy atom. The van der Waals surface area contributed by atoms with Gasteiger partial charge in [-0.2, -0.15) is 0 Å². The Morgan fingerprint density at radius 1 is 1.24 bits per heavy atom. The molecule has 0 spiro atoms. The van der Waals surface area contributed by atoms with E-state index >= 15 is 0 Å². The predicted octanol–water partition coefficient (Wildman–Crippen LogP) is 6.01. The lowest BCUT2D eigenvalue weighted by Gasteiger charge is -2.34. The molecule has 3 heteroatoms. The first-order chi connectivity index (χ1) is 10.2. The molecule has 0 N–H and O–H groups in total. The van der Waals surface area contributed by atoms with Crippen molar-refractivity contribution in [3.63, 3.8) is 0 Å². The zero-order valence-corrected chi connectivity index (χ0v) is 15.2. The van der Waals surface area contributed by atoms with E-state index in [-0.39, 0.29) is 0 Å². The fraction of sp³-hybridized carbons (Fsp3) is 0.333. The Balaban J connectivity index is 1.77. The second-order valence-corrected chi connectivity index (χ2v) is 7.29. The fourth-order valence-corrected chi connectivity index (χ4v) is 4.08. The molecule has 1 aliphatic carbocycles. The second kappa shape index (κ2) is 6.53. The van der Waals surface area contributed by atoms with Gasteiger partial charge in [0.15, 0.2) is 0 Å². The highest BCUT2D eigenvalue weighted by Gasteiger charge is 2.32. The molecule has 0 saturated heterocycles. The van der Waals surface area contributed by atoms with E-state index < -0.39 is 0 Å². The molecule has 110 valence electrons. The van der Waals surface area contributed by atoms with Gasteiger partial charge >= 0.3 is 0 Å². The number of halogens is 2. The summed E-state index contributed by atoms with van der Waals surface area (Å²) in [5, 5.41) is 0. The highest BCUT2D eigenvalue weighted by atomic mass is 79.9. The number of ether oxygens (including phenoxy) is 1. The van der Waals surface area contributed by atoms with Gasteiger partial charge in [-0.25, -0.2) is 0 Å². The maximum atomic E-state index is 5.72. The van der Waals surface area contributed by atoms with E-state index in [1.54, 1.807) is 0 Å². The van der Waals surface area contributed by atoms with Gasteiger partial charge < -0.3 is 4.74 Å². The molecule has 0 saturated carbocycles. The maximum absolute atomic E-state index is 5.72. The molecule has 2 unspecified atom stereocenters. The van der Waals surface area contributed by atoms with Crippen LogP contribution in [0.2, 0.25) is 0 Å². The number of benzene rings is 2. The summed E-state index contributed by atoms with van der Waals surface area (Å²) in [5.74, 6) is 1.49. The van der Waals surface area contributed by atoms with E-state index in [1.807, 2.05) is 0 Å². The van der Waals surface area contributed by atoms with Gasteiger partial charge in [-0.3, -0.25) is 0 Å². The SMILES string of the molecule is CCCOc1ccc(C(Br)C2Cc3ccccc32)cc1Br. The fourth-order valence-electron chi connectivity index (χ4n) is 2.81. The van der Waals surface area contributed by atoms with Gasteiger partial charge in [0.25, 0.3) is 0 Å². The van der Waals surface area contributed by atoms with Crippen molar-refractivity contribution in [1.29, 1.82) is 0 Å². The minimum Gasteiger partial charge on any atom is -0.492 e. The van der Waals surface area contributed by atoms with Gasteiger partial charge in [0.05, 0.1) is 11.1 Å². The highest BCUT2D eigenvalue weighted by Crippen LogP contribution is 2.48. The smallest absolute Gasteiger partial charge is 0.133 e. The molecule has 3 rings (SSSR count). The van der Waals surface area contributed by atoms with Crippen LogP contribution in [-0.4, -0.2) is 6.61 Å². The summed E-state index contributed by atoms with van der Waals surface area (Å²) in [5.41, 5.74) is 4.25. The van der Waals surface area contributed by atoms with E-state index in [4.69, 9.17) is 4.74 Å². The van der Waals surface area contributed by atoms with Gasteiger partial charge in [-0.1, -0.05) is 53.2 Å². The molecule has 0 radical (unpaired) electrons. The maximum Gasteiger partial charge on any atom is 0.133 e. The monoisotopic (exact) mass is 408 g/mol. The minimum atomic E-state index is 0.351. The lowest BCUT2D eigenvalue weighted by molar-refractivity contribution is 0.315. The van der Waals surface area contributed by atoms with Gasteiger partial charge in [-0.05, 0) is 57.6 Å². The van der Waals surface area contributed by atoms with E-state index in [0.29, 0.717) is 10.7 Å². The largest absolute Gasteiger partial charge is 0.492 e. The third kappa shape index (κ3) is 3.04. The molecule has 0 aliphatic heterocycles. The number of hydrogen-bond acceptors (Lipinski definition) is 1. The Kier molecular flexibility index (Phi) is 4.70. The number of hydrogen-bond donors (Lipinski definition) is 0. The van der Waals surface area contributed by atoms with Crippen molar-refractivity contribution in [3.05, 3.63) is 63.6 Å². The van der Waals surface area contributed by atoms with Crippen LogP contribution in [0, 0.1) is 0 Å². The van der Waals surface area contributed by atoms with Gasteiger partial charge in [-0.15, -0.1) is 0 Å². The average Bonchev–Trinajstić information content (AvgIpc) is 2.47. The van der Waals surface area contributed by atoms with Crippen LogP contribution in [0.5, 0.6) is 5.75 Å². The van der Waals surface area contributed by atoms with Gasteiger partial charge in [0.1, 0.15) is 5.75 Å². The molecule has 1 aliphatic rings. The standard InChI is InChI=1S/C18H18Br2O/c1-2-9-21-17-8-7-13(11-16(17)19)18(20)15-10-12-5-3-4-6-14(12)15/h3-8,11,15,18H,2,9-10H2,1H3. The van der Waals surface area contributed by atoms with Crippen LogP contribution in [0.4, 0.5) is 0 Å². The molecule has 0 fully saturated rings. The normalized spacial score (nSPS) is 17.8. The topological polar surface area (TPSA) is 9.23 Å². The van der Waals surface area contributed by atoms with Crippen molar-refractivity contribution in [3.8, 4) is 5.75 Å². The third-order valence-electron chi connectivity index (χ3n) is 3.98. The Morgan fingerprint density at radius 3 is 2.76 bits per heavy atom. The average molecular weight is 410 g/mol. The molecule has 0 amide bonds. The number of fused-ring (bicyclic) bond motifs is 1. The molecule has 0 bridgehead atoms. The molecule has 2 atom stereocenters. The van der Waals surface area contributed by atoms with Crippen LogP contribution in [0.3, 0.4) is 0 Å². The van der Waals surface area contributed by atoms with Crippen LogP contribution >= 0.6 is 31.9 Å². The lowest BCUT2D eigenvalue weighted by Crippen LogP contribution is -2.20. The summed E-state index contributed by atoms with van der Waals surface area (Å²) in [4.78, 5) is 0.351. The van der Waals surface area contributed by atoms with Crippen LogP contribution in [0.15, 0.2) is 46.9 Å². The van der Waals surface area contributed by atoms with E-state index in [9.17, 15) is 0 Å². The van der Waals surface area contributed by atoms with Crippen molar-refractivity contribution < 1.29 is 4.74 Å². The van der Waals surface area contributed by atoms with Crippen molar-refractivity contribution in [1.82, 2.24) is 0 Å². The molecule has 0 heterocycles. The molecule has 0 aromatic heterocycles. The predicted molar refractivity (Wildman–Crippen MR) is 94.5 cm³/mol. The first kappa shape index (κ1) is 15.1. The highest BCUT2D eigenvalue weighted by molar-refractivity contribution is 9.10. The summed E-state index contributed by atoms with van der Waals surface area (Å²) in [6, 6.07) is 15.1. The molecule has 2 aromatic rings. The van der Waals surface area contributed by atoms with E-state index in [0.717, 1.165) is 29.7 Å². The van der Waals surface area contributed by atoms with Crippen LogP contribution in [0.25, 0.3) is 0 Å². The zero-order valence-electron chi connectivity index (χ0n) is 12.0. The lowest BCUT2D eigenvalue weighted by atomic mass is 9.74. The second-order valence-electron chi connectivity index (χ2n) is 5.45. The molecule has 1 nitrogen and oxygen atoms in total. The number of rotatable bonds is 5. The quantitative estimate of drug-likeness (QED) is 0.549. The van der Waals surface area contributed by atoms with E-state index in [2.05, 4.69) is 81.2 Å². The van der Waals surface area contributed by atoms with Crippen molar-refractivity contribution in [2.45, 2.75) is 30.5 Å². The first-order valence-electron chi connectivity index (χ1n) is 7.34. The Hall–Kier alpha value is -0.800. The van der Waals surface area contributed by atoms with Crippen LogP contribution in [-0.2, 0) is 6.42 Å². The summed E-state index contributed by atoms with van der Waals surface area (Å²) in [7, 11) is 0. The summed E-state index contributed by atoms with van der Waals surface area (Å²) >= 11 is 7.50. The zero-order chi connectivity index (χ0) is 14.8. The van der Waals surface area contributed by atoms with Gasteiger partial charge in [0.2, 0.25) is 0 Å². The summed E-state index contributed by atoms with van der Waals surface area (Å²) in [6.07, 6.45) is 2.17. The van der Waals surface area contributed by atoms with Gasteiger partial charge in [0, 0.05) is 10.7 Å². The molecule has 2 aromatic carbocycles. The van der Waals surface area contributed by atoms with Crippen LogP contribution in [0.1, 0.15) is 40.8 Å². The third-order valence-corrected chi connectivity index (χ3v) is 5.77. The Labute approximate surface area is 143 Å². The van der Waals surface area contributed by atoms with Crippen molar-refractivity contribution >= 4 is 31.9 Å².